The lowest BCUT2D eigenvalue weighted by molar-refractivity contribution is 0.254. The van der Waals surface area contributed by atoms with Gasteiger partial charge in [-0.05, 0) is 44.2 Å². The highest BCUT2D eigenvalue weighted by Crippen LogP contribution is 2.31. The fourth-order valence-electron chi connectivity index (χ4n) is 2.75. The lowest BCUT2D eigenvalue weighted by Crippen LogP contribution is -2.34. The highest BCUT2D eigenvalue weighted by atomic mass is 15.2. The van der Waals surface area contributed by atoms with Crippen molar-refractivity contribution in [2.45, 2.75) is 57.9 Å². The fourth-order valence-corrected chi connectivity index (χ4v) is 2.75. The van der Waals surface area contributed by atoms with E-state index < -0.39 is 0 Å². The van der Waals surface area contributed by atoms with E-state index in [4.69, 9.17) is 0 Å². The standard InChI is InChI=1S/C15H27N3/c1-3-10-16-14(12-13-5-4-6-13)7-8-15-9-11-17-18(15)2/h9,11,13-14,16H,3-8,10,12H2,1-2H3. The van der Waals surface area contributed by atoms with Crippen molar-refractivity contribution in [1.82, 2.24) is 15.1 Å². The molecule has 1 aliphatic rings. The summed E-state index contributed by atoms with van der Waals surface area (Å²) in [6, 6.07) is 2.84. The van der Waals surface area contributed by atoms with Gasteiger partial charge in [-0.15, -0.1) is 0 Å². The first-order chi connectivity index (χ1) is 8.79. The summed E-state index contributed by atoms with van der Waals surface area (Å²) in [5.41, 5.74) is 1.35. The smallest absolute Gasteiger partial charge is 0.0492 e. The van der Waals surface area contributed by atoms with Gasteiger partial charge in [0.2, 0.25) is 0 Å². The minimum Gasteiger partial charge on any atom is -0.314 e. The van der Waals surface area contributed by atoms with Gasteiger partial charge in [0.05, 0.1) is 0 Å². The van der Waals surface area contributed by atoms with E-state index in [2.05, 4.69) is 23.4 Å². The van der Waals surface area contributed by atoms with Gasteiger partial charge in [0.15, 0.2) is 0 Å². The predicted octanol–water partition coefficient (Wildman–Crippen LogP) is 2.91. The summed E-state index contributed by atoms with van der Waals surface area (Å²) in [5, 5.41) is 7.96. The summed E-state index contributed by atoms with van der Waals surface area (Å²) in [6.45, 7) is 3.40. The summed E-state index contributed by atoms with van der Waals surface area (Å²) in [5.74, 6) is 0.992. The molecule has 0 aromatic carbocycles. The minimum absolute atomic E-state index is 0.699. The van der Waals surface area contributed by atoms with Crippen LogP contribution in [0.25, 0.3) is 0 Å². The van der Waals surface area contributed by atoms with Crippen molar-refractivity contribution in [3.63, 3.8) is 0 Å². The van der Waals surface area contributed by atoms with Crippen LogP contribution in [0.1, 0.15) is 51.1 Å². The van der Waals surface area contributed by atoms with E-state index in [1.807, 2.05) is 17.9 Å². The van der Waals surface area contributed by atoms with Crippen molar-refractivity contribution in [3.05, 3.63) is 18.0 Å². The third kappa shape index (κ3) is 3.84. The SMILES string of the molecule is CCCNC(CCc1ccnn1C)CC1CCC1. The summed E-state index contributed by atoms with van der Waals surface area (Å²) in [7, 11) is 2.04. The Morgan fingerprint density at radius 2 is 2.33 bits per heavy atom. The summed E-state index contributed by atoms with van der Waals surface area (Å²) >= 11 is 0. The van der Waals surface area contributed by atoms with Crippen LogP contribution in [0.4, 0.5) is 0 Å². The Balaban J connectivity index is 1.78. The van der Waals surface area contributed by atoms with E-state index in [0.717, 1.165) is 18.9 Å². The third-order valence-electron chi connectivity index (χ3n) is 4.20. The lowest BCUT2D eigenvalue weighted by atomic mass is 9.80. The van der Waals surface area contributed by atoms with E-state index in [-0.39, 0.29) is 0 Å². The Kier molecular flexibility index (Phi) is 5.24. The van der Waals surface area contributed by atoms with Crippen LogP contribution < -0.4 is 5.32 Å². The molecular formula is C15H27N3. The Labute approximate surface area is 111 Å². The first kappa shape index (κ1) is 13.6. The van der Waals surface area contributed by atoms with E-state index in [1.165, 1.54) is 44.2 Å². The zero-order valence-electron chi connectivity index (χ0n) is 11.9. The molecule has 2 rings (SSSR count). The molecule has 102 valence electrons. The van der Waals surface area contributed by atoms with Gasteiger partial charge in [-0.2, -0.15) is 5.10 Å². The van der Waals surface area contributed by atoms with Crippen molar-refractivity contribution in [1.29, 1.82) is 0 Å². The zero-order chi connectivity index (χ0) is 12.8. The number of hydrogen-bond donors (Lipinski definition) is 1. The highest BCUT2D eigenvalue weighted by Gasteiger charge is 2.21. The van der Waals surface area contributed by atoms with Gasteiger partial charge in [0, 0.05) is 25.0 Å². The fraction of sp³-hybridized carbons (Fsp3) is 0.800. The van der Waals surface area contributed by atoms with Crippen LogP contribution in [-0.4, -0.2) is 22.4 Å². The molecule has 3 nitrogen and oxygen atoms in total. The van der Waals surface area contributed by atoms with Crippen molar-refractivity contribution >= 4 is 0 Å². The van der Waals surface area contributed by atoms with Crippen molar-refractivity contribution in [2.75, 3.05) is 6.54 Å². The van der Waals surface area contributed by atoms with Crippen molar-refractivity contribution < 1.29 is 0 Å². The van der Waals surface area contributed by atoms with Gasteiger partial charge in [0.1, 0.15) is 0 Å². The molecule has 0 amide bonds. The molecule has 0 spiro atoms. The molecular weight excluding hydrogens is 222 g/mol. The van der Waals surface area contributed by atoms with Gasteiger partial charge in [0.25, 0.3) is 0 Å². The van der Waals surface area contributed by atoms with Gasteiger partial charge in [-0.25, -0.2) is 0 Å². The second-order valence-corrected chi connectivity index (χ2v) is 5.67. The Morgan fingerprint density at radius 3 is 2.89 bits per heavy atom. The van der Waals surface area contributed by atoms with Crippen LogP contribution in [0.3, 0.4) is 0 Å². The molecule has 0 aliphatic heterocycles. The molecule has 18 heavy (non-hydrogen) atoms. The molecule has 1 unspecified atom stereocenters. The molecule has 1 aliphatic carbocycles. The van der Waals surface area contributed by atoms with Crippen molar-refractivity contribution in [3.8, 4) is 0 Å². The first-order valence-electron chi connectivity index (χ1n) is 7.50. The molecule has 0 radical (unpaired) electrons. The topological polar surface area (TPSA) is 29.9 Å². The predicted molar refractivity (Wildman–Crippen MR) is 75.6 cm³/mol. The number of hydrogen-bond acceptors (Lipinski definition) is 2. The molecule has 1 atom stereocenters. The third-order valence-corrected chi connectivity index (χ3v) is 4.20. The number of nitrogens with zero attached hydrogens (tertiary/aromatic N) is 2. The largest absolute Gasteiger partial charge is 0.314 e. The van der Waals surface area contributed by atoms with Crippen molar-refractivity contribution in [2.24, 2.45) is 13.0 Å². The van der Waals surface area contributed by atoms with E-state index in [1.54, 1.807) is 0 Å². The molecule has 0 saturated heterocycles. The van der Waals surface area contributed by atoms with Crippen LogP contribution in [0.2, 0.25) is 0 Å². The van der Waals surface area contributed by atoms with E-state index in [9.17, 15) is 0 Å². The second-order valence-electron chi connectivity index (χ2n) is 5.67. The summed E-state index contributed by atoms with van der Waals surface area (Å²) in [4.78, 5) is 0. The quantitative estimate of drug-likeness (QED) is 0.767. The van der Waals surface area contributed by atoms with Gasteiger partial charge in [-0.3, -0.25) is 4.68 Å². The van der Waals surface area contributed by atoms with E-state index >= 15 is 0 Å². The Morgan fingerprint density at radius 1 is 1.50 bits per heavy atom. The maximum Gasteiger partial charge on any atom is 0.0492 e. The number of rotatable bonds is 8. The Bertz CT molecular complexity index is 341. The normalized spacial score (nSPS) is 17.7. The van der Waals surface area contributed by atoms with Gasteiger partial charge in [-0.1, -0.05) is 26.2 Å². The molecule has 1 N–H and O–H groups in total. The second kappa shape index (κ2) is 6.93. The van der Waals surface area contributed by atoms with Crippen LogP contribution in [0.15, 0.2) is 12.3 Å². The molecule has 0 bridgehead atoms. The van der Waals surface area contributed by atoms with Crippen LogP contribution in [0.5, 0.6) is 0 Å². The summed E-state index contributed by atoms with van der Waals surface area (Å²) < 4.78 is 2.00. The average molecular weight is 249 g/mol. The molecule has 1 heterocycles. The van der Waals surface area contributed by atoms with Gasteiger partial charge < -0.3 is 5.32 Å². The van der Waals surface area contributed by atoms with Crippen LogP contribution in [0, 0.1) is 5.92 Å². The molecule has 1 saturated carbocycles. The lowest BCUT2D eigenvalue weighted by Gasteiger charge is -2.30. The minimum atomic E-state index is 0.699. The maximum atomic E-state index is 4.24. The molecule has 1 aromatic heterocycles. The van der Waals surface area contributed by atoms with Gasteiger partial charge >= 0.3 is 0 Å². The molecule has 1 aromatic rings. The van der Waals surface area contributed by atoms with Crippen LogP contribution >= 0.6 is 0 Å². The Hall–Kier alpha value is -0.830. The van der Waals surface area contributed by atoms with E-state index in [0.29, 0.717) is 6.04 Å². The number of aryl methyl sites for hydroxylation is 2. The maximum absolute atomic E-state index is 4.24. The number of aromatic nitrogens is 2. The summed E-state index contributed by atoms with van der Waals surface area (Å²) in [6.07, 6.45) is 11.3. The zero-order valence-corrected chi connectivity index (χ0v) is 11.9. The molecule has 1 fully saturated rings. The monoisotopic (exact) mass is 249 g/mol. The average Bonchev–Trinajstić information content (AvgIpc) is 2.72. The first-order valence-corrected chi connectivity index (χ1v) is 7.50. The highest BCUT2D eigenvalue weighted by molar-refractivity contribution is 5.00. The number of nitrogens with one attached hydrogen (secondary N) is 1. The van der Waals surface area contributed by atoms with Crippen LogP contribution in [-0.2, 0) is 13.5 Å². The molecule has 3 heteroatoms.